The van der Waals surface area contributed by atoms with Gasteiger partial charge in [-0.25, -0.2) is 0 Å². The summed E-state index contributed by atoms with van der Waals surface area (Å²) in [6.45, 7) is 4.62. The topological polar surface area (TPSA) is 66.8 Å². The van der Waals surface area contributed by atoms with Crippen molar-refractivity contribution in [2.75, 3.05) is 19.7 Å². The van der Waals surface area contributed by atoms with Gasteiger partial charge in [0.2, 0.25) is 0 Å². The average molecular weight is 279 g/mol. The molecule has 0 bridgehead atoms. The van der Waals surface area contributed by atoms with E-state index in [1.807, 2.05) is 38.1 Å². The Kier molecular flexibility index (Phi) is 6.56. The van der Waals surface area contributed by atoms with Gasteiger partial charge < -0.3 is 14.7 Å². The van der Waals surface area contributed by atoms with Gasteiger partial charge in [-0.2, -0.15) is 0 Å². The zero-order chi connectivity index (χ0) is 15.0. The first kappa shape index (κ1) is 16.0. The van der Waals surface area contributed by atoms with E-state index in [4.69, 9.17) is 9.84 Å². The van der Waals surface area contributed by atoms with Crippen LogP contribution in [0.5, 0.6) is 5.75 Å². The van der Waals surface area contributed by atoms with Crippen LogP contribution in [0.3, 0.4) is 0 Å². The third kappa shape index (κ3) is 5.73. The van der Waals surface area contributed by atoms with Crippen LogP contribution in [0, 0.1) is 6.92 Å². The second-order valence-corrected chi connectivity index (χ2v) is 4.63. The minimum atomic E-state index is -0.904. The number of aliphatic carboxylic acids is 1. The number of carboxylic acid groups (broad SMARTS) is 1. The fourth-order valence-corrected chi connectivity index (χ4v) is 1.73. The Hall–Kier alpha value is -2.04. The van der Waals surface area contributed by atoms with Crippen LogP contribution in [0.1, 0.15) is 25.3 Å². The first-order chi connectivity index (χ1) is 9.52. The monoisotopic (exact) mass is 279 g/mol. The fraction of sp³-hybridized carbons (Fsp3) is 0.467. The Morgan fingerprint density at radius 2 is 1.85 bits per heavy atom. The van der Waals surface area contributed by atoms with Gasteiger partial charge in [-0.1, -0.05) is 24.6 Å². The number of hydrogen-bond donors (Lipinski definition) is 1. The Morgan fingerprint density at radius 3 is 2.40 bits per heavy atom. The summed E-state index contributed by atoms with van der Waals surface area (Å²) >= 11 is 0. The fourth-order valence-electron chi connectivity index (χ4n) is 1.73. The molecule has 0 unspecified atom stereocenters. The van der Waals surface area contributed by atoms with Crippen molar-refractivity contribution < 1.29 is 19.4 Å². The minimum absolute atomic E-state index is 0.0454. The number of hydrogen-bond acceptors (Lipinski definition) is 3. The number of carbonyl (C=O) groups is 2. The lowest BCUT2D eigenvalue weighted by Crippen LogP contribution is -2.37. The Morgan fingerprint density at radius 1 is 1.20 bits per heavy atom. The molecule has 5 nitrogen and oxygen atoms in total. The van der Waals surface area contributed by atoms with E-state index in [9.17, 15) is 9.59 Å². The quantitative estimate of drug-likeness (QED) is 0.791. The first-order valence-electron chi connectivity index (χ1n) is 6.72. The number of benzene rings is 1. The lowest BCUT2D eigenvalue weighted by atomic mass is 10.2. The van der Waals surface area contributed by atoms with Crippen molar-refractivity contribution >= 4 is 11.9 Å². The van der Waals surface area contributed by atoms with E-state index in [2.05, 4.69) is 0 Å². The van der Waals surface area contributed by atoms with Crippen LogP contribution in [-0.2, 0) is 9.59 Å². The SMILES string of the molecule is CCCN(CCC(=O)O)C(=O)COc1ccc(C)cc1. The van der Waals surface area contributed by atoms with Crippen molar-refractivity contribution in [3.05, 3.63) is 29.8 Å². The molecule has 0 atom stereocenters. The second-order valence-electron chi connectivity index (χ2n) is 4.63. The number of ether oxygens (including phenoxy) is 1. The molecular formula is C15H21NO4. The summed E-state index contributed by atoms with van der Waals surface area (Å²) in [5, 5.41) is 8.68. The molecule has 1 amide bonds. The van der Waals surface area contributed by atoms with Crippen LogP contribution in [0.4, 0.5) is 0 Å². The number of carboxylic acids is 1. The van der Waals surface area contributed by atoms with Crippen LogP contribution in [0.25, 0.3) is 0 Å². The third-order valence-corrected chi connectivity index (χ3v) is 2.83. The van der Waals surface area contributed by atoms with E-state index in [0.29, 0.717) is 12.3 Å². The lowest BCUT2D eigenvalue weighted by Gasteiger charge is -2.21. The highest BCUT2D eigenvalue weighted by atomic mass is 16.5. The van der Waals surface area contributed by atoms with E-state index in [1.165, 1.54) is 4.90 Å². The molecule has 0 saturated heterocycles. The predicted molar refractivity (Wildman–Crippen MR) is 75.8 cm³/mol. The van der Waals surface area contributed by atoms with E-state index in [0.717, 1.165) is 12.0 Å². The molecule has 5 heteroatoms. The van der Waals surface area contributed by atoms with E-state index in [1.54, 1.807) is 0 Å². The molecule has 1 aromatic carbocycles. The highest BCUT2D eigenvalue weighted by Gasteiger charge is 2.14. The van der Waals surface area contributed by atoms with Crippen molar-refractivity contribution in [1.29, 1.82) is 0 Å². The Bertz CT molecular complexity index is 442. The number of carbonyl (C=O) groups excluding carboxylic acids is 1. The molecule has 110 valence electrons. The maximum absolute atomic E-state index is 12.0. The van der Waals surface area contributed by atoms with E-state index < -0.39 is 5.97 Å². The van der Waals surface area contributed by atoms with Gasteiger partial charge in [-0.15, -0.1) is 0 Å². The molecule has 20 heavy (non-hydrogen) atoms. The molecule has 1 aromatic rings. The zero-order valence-corrected chi connectivity index (χ0v) is 12.0. The highest BCUT2D eigenvalue weighted by molar-refractivity contribution is 5.78. The summed E-state index contributed by atoms with van der Waals surface area (Å²) in [5.74, 6) is -0.453. The van der Waals surface area contributed by atoms with Crippen molar-refractivity contribution in [2.45, 2.75) is 26.7 Å². The van der Waals surface area contributed by atoms with Gasteiger partial charge in [0.05, 0.1) is 6.42 Å². The summed E-state index contributed by atoms with van der Waals surface area (Å²) in [7, 11) is 0. The molecule has 0 heterocycles. The van der Waals surface area contributed by atoms with E-state index >= 15 is 0 Å². The largest absolute Gasteiger partial charge is 0.484 e. The molecule has 0 aliphatic carbocycles. The summed E-state index contributed by atoms with van der Waals surface area (Å²) in [6.07, 6.45) is 0.742. The molecule has 0 aromatic heterocycles. The van der Waals surface area contributed by atoms with Gasteiger partial charge in [-0.3, -0.25) is 9.59 Å². The molecule has 1 rings (SSSR count). The number of nitrogens with zero attached hydrogens (tertiary/aromatic N) is 1. The summed E-state index contributed by atoms with van der Waals surface area (Å²) in [4.78, 5) is 24.1. The van der Waals surface area contributed by atoms with Gasteiger partial charge >= 0.3 is 5.97 Å². The number of rotatable bonds is 8. The molecular weight excluding hydrogens is 258 g/mol. The molecule has 0 saturated carbocycles. The minimum Gasteiger partial charge on any atom is -0.484 e. The Balaban J connectivity index is 2.48. The summed E-state index contributed by atoms with van der Waals surface area (Å²) in [5.41, 5.74) is 1.12. The molecule has 1 N–H and O–H groups in total. The van der Waals surface area contributed by atoms with Crippen molar-refractivity contribution in [3.63, 3.8) is 0 Å². The number of amides is 1. The van der Waals surface area contributed by atoms with Gasteiger partial charge in [-0.05, 0) is 25.5 Å². The Labute approximate surface area is 119 Å². The van der Waals surface area contributed by atoms with Crippen LogP contribution in [0.15, 0.2) is 24.3 Å². The van der Waals surface area contributed by atoms with Crippen LogP contribution < -0.4 is 4.74 Å². The molecule has 0 aliphatic rings. The van der Waals surface area contributed by atoms with Crippen molar-refractivity contribution in [2.24, 2.45) is 0 Å². The van der Waals surface area contributed by atoms with Crippen molar-refractivity contribution in [1.82, 2.24) is 4.90 Å². The van der Waals surface area contributed by atoms with E-state index in [-0.39, 0.29) is 25.5 Å². The number of aryl methyl sites for hydroxylation is 1. The van der Waals surface area contributed by atoms with Gasteiger partial charge in [0.25, 0.3) is 5.91 Å². The maximum atomic E-state index is 12.0. The standard InChI is InChI=1S/C15H21NO4/c1-3-9-16(10-8-15(18)19)14(17)11-20-13-6-4-12(2)5-7-13/h4-7H,3,8-11H2,1-2H3,(H,18,19). The molecule has 0 fully saturated rings. The van der Waals surface area contributed by atoms with Gasteiger partial charge in [0, 0.05) is 13.1 Å². The maximum Gasteiger partial charge on any atom is 0.305 e. The summed E-state index contributed by atoms with van der Waals surface area (Å²) in [6, 6.07) is 7.44. The van der Waals surface area contributed by atoms with Gasteiger partial charge in [0.1, 0.15) is 5.75 Å². The van der Waals surface area contributed by atoms with Crippen LogP contribution in [-0.4, -0.2) is 41.6 Å². The molecule has 0 spiro atoms. The average Bonchev–Trinajstić information content (AvgIpc) is 2.42. The van der Waals surface area contributed by atoms with Crippen molar-refractivity contribution in [3.8, 4) is 5.75 Å². The predicted octanol–water partition coefficient (Wildman–Crippen LogP) is 2.09. The summed E-state index contributed by atoms with van der Waals surface area (Å²) < 4.78 is 5.42. The first-order valence-corrected chi connectivity index (χ1v) is 6.72. The van der Waals surface area contributed by atoms with Crippen LogP contribution >= 0.6 is 0 Å². The second kappa shape index (κ2) is 8.19. The normalized spacial score (nSPS) is 10.1. The smallest absolute Gasteiger partial charge is 0.305 e. The third-order valence-electron chi connectivity index (χ3n) is 2.83. The van der Waals surface area contributed by atoms with Gasteiger partial charge in [0.15, 0.2) is 6.61 Å². The molecule has 0 aliphatic heterocycles. The lowest BCUT2D eigenvalue weighted by molar-refractivity contribution is -0.139. The van der Waals surface area contributed by atoms with Crippen LogP contribution in [0.2, 0.25) is 0 Å². The molecule has 0 radical (unpaired) electrons. The zero-order valence-electron chi connectivity index (χ0n) is 12.0. The highest BCUT2D eigenvalue weighted by Crippen LogP contribution is 2.11.